The highest BCUT2D eigenvalue weighted by Crippen LogP contribution is 2.33. The topological polar surface area (TPSA) is 94.9 Å². The third kappa shape index (κ3) is 4.80. The fraction of sp³-hybridized carbons (Fsp3) is 0.174. The van der Waals surface area contributed by atoms with Crippen LogP contribution in [0, 0.1) is 0 Å². The molecule has 3 rings (SSSR count). The molecule has 0 aliphatic heterocycles. The number of carboxylic acid groups (broad SMARTS) is 1. The van der Waals surface area contributed by atoms with Crippen molar-refractivity contribution in [2.75, 3.05) is 4.31 Å². The highest BCUT2D eigenvalue weighted by Gasteiger charge is 2.17. The number of thiol groups is 1. The Labute approximate surface area is 177 Å². The summed E-state index contributed by atoms with van der Waals surface area (Å²) in [6, 6.07) is 18.9. The van der Waals surface area contributed by atoms with E-state index in [1.807, 2.05) is 18.2 Å². The molecule has 2 N–H and O–H groups in total. The number of unbranched alkanes of at least 4 members (excludes halogenated alkanes) is 1. The van der Waals surface area contributed by atoms with E-state index in [9.17, 15) is 18.3 Å². The lowest BCUT2D eigenvalue weighted by Gasteiger charge is -2.19. The average Bonchev–Trinajstić information content (AvgIpc) is 2.72. The van der Waals surface area contributed by atoms with Gasteiger partial charge in [-0.15, -0.1) is 0 Å². The van der Waals surface area contributed by atoms with Gasteiger partial charge in [0.2, 0.25) is 10.9 Å². The van der Waals surface area contributed by atoms with E-state index in [1.54, 1.807) is 18.2 Å². The molecule has 0 aliphatic carbocycles. The predicted octanol–water partition coefficient (Wildman–Crippen LogP) is 4.76. The Hall–Kier alpha value is -3.32. The minimum atomic E-state index is -3.07. The molecule has 0 saturated heterocycles. The van der Waals surface area contributed by atoms with E-state index in [4.69, 9.17) is 5.11 Å². The van der Waals surface area contributed by atoms with E-state index in [0.29, 0.717) is 5.69 Å². The number of benzene rings is 3. The van der Waals surface area contributed by atoms with E-state index in [-0.39, 0.29) is 11.3 Å². The summed E-state index contributed by atoms with van der Waals surface area (Å²) < 4.78 is 25.0. The first-order valence-electron chi connectivity index (χ1n) is 9.61. The largest absolute Gasteiger partial charge is 0.507 e. The Morgan fingerprint density at radius 3 is 2.23 bits per heavy atom. The Bertz CT molecular complexity index is 1110. The van der Waals surface area contributed by atoms with Crippen LogP contribution in [-0.2, 0) is 17.3 Å². The van der Waals surface area contributed by atoms with Crippen molar-refractivity contribution in [1.82, 2.24) is 0 Å². The van der Waals surface area contributed by atoms with Gasteiger partial charge in [-0.25, -0.2) is 17.5 Å². The molecule has 156 valence electrons. The molecule has 0 amide bonds. The number of carboxylic acids is 1. The summed E-state index contributed by atoms with van der Waals surface area (Å²) in [5.74, 6) is -1.79. The number of nitrogens with zero attached hydrogens (tertiary/aromatic N) is 1. The van der Waals surface area contributed by atoms with E-state index < -0.39 is 22.6 Å². The van der Waals surface area contributed by atoms with Crippen molar-refractivity contribution in [2.24, 2.45) is 0 Å². The molecule has 0 aromatic heterocycles. The third-order valence-electron chi connectivity index (χ3n) is 4.82. The fourth-order valence-electron chi connectivity index (χ4n) is 3.23. The Balaban J connectivity index is 1.96. The molecule has 0 saturated carbocycles. The van der Waals surface area contributed by atoms with Crippen LogP contribution in [0.15, 0.2) is 66.7 Å². The normalized spacial score (nSPS) is 10.9. The van der Waals surface area contributed by atoms with Gasteiger partial charge in [0.05, 0.1) is 11.4 Å². The van der Waals surface area contributed by atoms with E-state index in [0.717, 1.165) is 40.8 Å². The molecule has 0 bridgehead atoms. The predicted molar refractivity (Wildman–Crippen MR) is 118 cm³/mol. The van der Waals surface area contributed by atoms with E-state index in [1.165, 1.54) is 17.7 Å². The fourth-order valence-corrected chi connectivity index (χ4v) is 3.86. The number of aromatic carboxylic acids is 1. The zero-order valence-corrected chi connectivity index (χ0v) is 17.4. The van der Waals surface area contributed by atoms with Crippen molar-refractivity contribution in [1.29, 1.82) is 0 Å². The van der Waals surface area contributed by atoms with Crippen LogP contribution in [-0.4, -0.2) is 24.6 Å². The van der Waals surface area contributed by atoms with Gasteiger partial charge in [-0.3, -0.25) is 0 Å². The van der Waals surface area contributed by atoms with E-state index >= 15 is 0 Å². The number of rotatable bonds is 8. The Kier molecular flexibility index (Phi) is 6.74. The molecule has 6 nitrogen and oxygen atoms in total. The highest BCUT2D eigenvalue weighted by molar-refractivity contribution is 7.74. The summed E-state index contributed by atoms with van der Waals surface area (Å²) in [7, 11) is -3.07. The van der Waals surface area contributed by atoms with Crippen molar-refractivity contribution in [2.45, 2.75) is 26.2 Å². The SMILES string of the molecule is CCCCc1ccc(-c2cccc(N(c3ccc(C(=O)O)c(O)c3)[SH](=O)=O)c2)cc1. The lowest BCUT2D eigenvalue weighted by atomic mass is 10.0. The number of phenols is 1. The Morgan fingerprint density at radius 1 is 0.933 bits per heavy atom. The second kappa shape index (κ2) is 9.45. The van der Waals surface area contributed by atoms with Gasteiger partial charge in [-0.05, 0) is 53.8 Å². The van der Waals surface area contributed by atoms with Crippen molar-refractivity contribution in [3.05, 3.63) is 77.9 Å². The minimum absolute atomic E-state index is 0.153. The quantitative estimate of drug-likeness (QED) is 0.452. The Morgan fingerprint density at radius 2 is 1.63 bits per heavy atom. The van der Waals surface area contributed by atoms with Gasteiger partial charge in [0.1, 0.15) is 11.3 Å². The first kappa shape index (κ1) is 21.4. The smallest absolute Gasteiger partial charge is 0.339 e. The van der Waals surface area contributed by atoms with E-state index in [2.05, 4.69) is 19.1 Å². The monoisotopic (exact) mass is 425 g/mol. The summed E-state index contributed by atoms with van der Waals surface area (Å²) >= 11 is 0. The minimum Gasteiger partial charge on any atom is -0.507 e. The van der Waals surface area contributed by atoms with Gasteiger partial charge in [0.25, 0.3) is 0 Å². The van der Waals surface area contributed by atoms with Crippen molar-refractivity contribution in [3.8, 4) is 16.9 Å². The van der Waals surface area contributed by atoms with Crippen molar-refractivity contribution >= 4 is 28.2 Å². The van der Waals surface area contributed by atoms with Crippen LogP contribution in [0.1, 0.15) is 35.7 Å². The molecule has 3 aromatic carbocycles. The number of hydrogen-bond donors (Lipinski definition) is 3. The number of anilines is 2. The molecule has 0 heterocycles. The van der Waals surface area contributed by atoms with Gasteiger partial charge >= 0.3 is 5.97 Å². The summed E-state index contributed by atoms with van der Waals surface area (Å²) in [5.41, 5.74) is 3.32. The summed E-state index contributed by atoms with van der Waals surface area (Å²) in [5, 5.41) is 19.0. The lowest BCUT2D eigenvalue weighted by Crippen LogP contribution is -2.14. The second-order valence-corrected chi connectivity index (χ2v) is 7.78. The lowest BCUT2D eigenvalue weighted by molar-refractivity contribution is 0.0694. The first-order chi connectivity index (χ1) is 14.4. The third-order valence-corrected chi connectivity index (χ3v) is 5.61. The number of hydrogen-bond acceptors (Lipinski definition) is 4. The molecule has 0 unspecified atom stereocenters. The van der Waals surface area contributed by atoms with Gasteiger partial charge in [0.15, 0.2) is 0 Å². The van der Waals surface area contributed by atoms with Crippen molar-refractivity contribution < 1.29 is 23.4 Å². The molecular formula is C23H23NO5S. The number of aryl methyl sites for hydroxylation is 1. The molecule has 7 heteroatoms. The van der Waals surface area contributed by atoms with Crippen molar-refractivity contribution in [3.63, 3.8) is 0 Å². The zero-order chi connectivity index (χ0) is 21.7. The van der Waals surface area contributed by atoms with Gasteiger partial charge in [-0.1, -0.05) is 49.7 Å². The van der Waals surface area contributed by atoms with Crippen LogP contribution in [0.2, 0.25) is 0 Å². The second-order valence-electron chi connectivity index (χ2n) is 6.91. The molecule has 3 aromatic rings. The average molecular weight is 426 g/mol. The maximum absolute atomic E-state index is 12.0. The summed E-state index contributed by atoms with van der Waals surface area (Å²) in [6.45, 7) is 2.15. The standard InChI is InChI=1S/C23H23NO5S/c1-2-3-5-16-8-10-17(11-9-16)18-6-4-7-19(14-18)24(30(28)29)20-12-13-21(23(26)27)22(25)15-20/h4,6-15,25,30H,2-3,5H2,1H3,(H,26,27). The van der Waals surface area contributed by atoms with Crippen LogP contribution in [0.25, 0.3) is 11.1 Å². The molecular weight excluding hydrogens is 402 g/mol. The molecule has 0 aliphatic rings. The van der Waals surface area contributed by atoms with Gasteiger partial charge in [-0.2, -0.15) is 0 Å². The maximum atomic E-state index is 12.0. The number of carbonyl (C=O) groups is 1. The molecule has 0 spiro atoms. The molecule has 0 fully saturated rings. The first-order valence-corrected chi connectivity index (χ1v) is 10.7. The highest BCUT2D eigenvalue weighted by atomic mass is 32.2. The van der Waals surface area contributed by atoms with Crippen LogP contribution in [0.3, 0.4) is 0 Å². The summed E-state index contributed by atoms with van der Waals surface area (Å²) in [4.78, 5) is 11.1. The zero-order valence-electron chi connectivity index (χ0n) is 16.5. The van der Waals surface area contributed by atoms with Gasteiger partial charge < -0.3 is 10.2 Å². The van der Waals surface area contributed by atoms with Crippen LogP contribution < -0.4 is 4.31 Å². The van der Waals surface area contributed by atoms with Crippen LogP contribution >= 0.6 is 0 Å². The van der Waals surface area contributed by atoms with Gasteiger partial charge in [0, 0.05) is 6.07 Å². The molecule has 30 heavy (non-hydrogen) atoms. The molecule has 0 atom stereocenters. The number of aromatic hydroxyl groups is 1. The molecule has 0 radical (unpaired) electrons. The summed E-state index contributed by atoms with van der Waals surface area (Å²) in [6.07, 6.45) is 3.29. The van der Waals surface area contributed by atoms with Crippen LogP contribution in [0.5, 0.6) is 5.75 Å². The van der Waals surface area contributed by atoms with Crippen LogP contribution in [0.4, 0.5) is 11.4 Å². The maximum Gasteiger partial charge on any atom is 0.339 e.